The first-order valence-corrected chi connectivity index (χ1v) is 10.0. The second kappa shape index (κ2) is 10.3. The van der Waals surface area contributed by atoms with Gasteiger partial charge in [0.15, 0.2) is 0 Å². The number of hydrogen-bond acceptors (Lipinski definition) is 5. The Morgan fingerprint density at radius 2 is 1.96 bits per heavy atom. The summed E-state index contributed by atoms with van der Waals surface area (Å²) in [6.45, 7) is 11.5. The molecule has 2 aromatic rings. The number of aromatic nitrogens is 1. The average molecular weight is 376 g/mol. The van der Waals surface area contributed by atoms with Gasteiger partial charge >= 0.3 is 0 Å². The van der Waals surface area contributed by atoms with Crippen LogP contribution in [0, 0.1) is 6.92 Å². The summed E-state index contributed by atoms with van der Waals surface area (Å²) in [6, 6.07) is 8.28. The molecule has 1 atom stereocenters. The largest absolute Gasteiger partial charge is 0.486 e. The van der Waals surface area contributed by atoms with E-state index in [4.69, 9.17) is 4.74 Å². The molecule has 6 heteroatoms. The molecule has 0 spiro atoms. The maximum atomic E-state index is 12.1. The molecule has 0 aliphatic rings. The molecule has 0 saturated carbocycles. The third kappa shape index (κ3) is 6.42. The van der Waals surface area contributed by atoms with E-state index in [0.717, 1.165) is 29.5 Å². The van der Waals surface area contributed by atoms with Gasteiger partial charge in [-0.1, -0.05) is 31.5 Å². The van der Waals surface area contributed by atoms with Gasteiger partial charge in [-0.3, -0.25) is 9.69 Å². The molecule has 5 nitrogen and oxygen atoms in total. The van der Waals surface area contributed by atoms with Gasteiger partial charge in [0, 0.05) is 18.0 Å². The van der Waals surface area contributed by atoms with Crippen molar-refractivity contribution in [3.8, 4) is 5.75 Å². The molecule has 1 aromatic carbocycles. The highest BCUT2D eigenvalue weighted by Gasteiger charge is 2.13. The van der Waals surface area contributed by atoms with Gasteiger partial charge in [-0.25, -0.2) is 4.98 Å². The molecule has 1 aromatic heterocycles. The van der Waals surface area contributed by atoms with E-state index in [1.54, 1.807) is 0 Å². The minimum atomic E-state index is 0.0142. The van der Waals surface area contributed by atoms with Crippen molar-refractivity contribution < 1.29 is 9.53 Å². The van der Waals surface area contributed by atoms with Crippen LogP contribution in [0.4, 0.5) is 0 Å². The van der Waals surface area contributed by atoms with Crippen molar-refractivity contribution in [1.82, 2.24) is 15.2 Å². The molecule has 0 bridgehead atoms. The molecular formula is C20H29N3O2S. The third-order valence-electron chi connectivity index (χ3n) is 4.35. The van der Waals surface area contributed by atoms with Crippen molar-refractivity contribution in [2.45, 2.75) is 46.8 Å². The summed E-state index contributed by atoms with van der Waals surface area (Å²) in [6.07, 6.45) is 0.312. The van der Waals surface area contributed by atoms with Crippen LogP contribution in [0.5, 0.6) is 5.75 Å². The van der Waals surface area contributed by atoms with Gasteiger partial charge in [-0.15, -0.1) is 11.3 Å². The van der Waals surface area contributed by atoms with E-state index in [-0.39, 0.29) is 5.91 Å². The van der Waals surface area contributed by atoms with Crippen molar-refractivity contribution in [3.63, 3.8) is 0 Å². The fraction of sp³-hybridized carbons (Fsp3) is 0.500. The molecule has 142 valence electrons. The summed E-state index contributed by atoms with van der Waals surface area (Å²) in [5, 5.41) is 5.82. The van der Waals surface area contributed by atoms with Crippen molar-refractivity contribution in [3.05, 3.63) is 45.9 Å². The number of amides is 1. The Labute approximate surface area is 160 Å². The van der Waals surface area contributed by atoms with Crippen LogP contribution < -0.4 is 10.1 Å². The number of carbonyl (C=O) groups excluding carboxylic acids is 1. The normalized spacial score (nSPS) is 12.2. The molecular weight excluding hydrogens is 346 g/mol. The minimum absolute atomic E-state index is 0.0142. The maximum Gasteiger partial charge on any atom is 0.226 e. The minimum Gasteiger partial charge on any atom is -0.486 e. The summed E-state index contributed by atoms with van der Waals surface area (Å²) >= 11 is 1.53. The zero-order valence-electron chi connectivity index (χ0n) is 16.1. The Hall–Kier alpha value is -1.92. The van der Waals surface area contributed by atoms with Crippen LogP contribution in [-0.4, -0.2) is 41.5 Å². The lowest BCUT2D eigenvalue weighted by Crippen LogP contribution is -2.42. The fourth-order valence-corrected chi connectivity index (χ4v) is 3.45. The molecule has 0 radical (unpaired) electrons. The Kier molecular flexibility index (Phi) is 8.06. The van der Waals surface area contributed by atoms with Crippen LogP contribution in [0.25, 0.3) is 0 Å². The van der Waals surface area contributed by atoms with E-state index in [9.17, 15) is 4.79 Å². The number of ether oxygens (including phenoxy) is 1. The standard InChI is InChI=1S/C20H29N3O2S/c1-5-23(6-2)16(4)12-21-19(24)11-17-14-26-20(22-17)13-25-18-9-7-15(3)8-10-18/h7-10,14,16H,5-6,11-13H2,1-4H3,(H,21,24). The van der Waals surface area contributed by atoms with E-state index < -0.39 is 0 Å². The van der Waals surface area contributed by atoms with Crippen LogP contribution in [0.2, 0.25) is 0 Å². The molecule has 1 heterocycles. The maximum absolute atomic E-state index is 12.1. The number of benzene rings is 1. The van der Waals surface area contributed by atoms with Gasteiger partial charge in [-0.05, 0) is 39.1 Å². The van der Waals surface area contributed by atoms with E-state index >= 15 is 0 Å². The molecule has 26 heavy (non-hydrogen) atoms. The number of carbonyl (C=O) groups is 1. The van der Waals surface area contributed by atoms with Crippen molar-refractivity contribution in [1.29, 1.82) is 0 Å². The van der Waals surface area contributed by atoms with E-state index in [2.05, 4.69) is 36.0 Å². The van der Waals surface area contributed by atoms with Gasteiger partial charge in [0.05, 0.1) is 12.1 Å². The number of hydrogen-bond donors (Lipinski definition) is 1. The number of nitrogens with one attached hydrogen (secondary N) is 1. The molecule has 0 aliphatic carbocycles. The number of nitrogens with zero attached hydrogens (tertiary/aromatic N) is 2. The molecule has 1 N–H and O–H groups in total. The van der Waals surface area contributed by atoms with Gasteiger partial charge < -0.3 is 10.1 Å². The van der Waals surface area contributed by atoms with E-state index in [1.165, 1.54) is 16.9 Å². The highest BCUT2D eigenvalue weighted by Crippen LogP contribution is 2.16. The Balaban J connectivity index is 1.76. The first kappa shape index (κ1) is 20.4. The average Bonchev–Trinajstić information content (AvgIpc) is 3.08. The first-order chi connectivity index (χ1) is 12.5. The topological polar surface area (TPSA) is 54.5 Å². The number of aryl methyl sites for hydroxylation is 1. The summed E-state index contributed by atoms with van der Waals surface area (Å²) in [7, 11) is 0. The summed E-state index contributed by atoms with van der Waals surface area (Å²) < 4.78 is 5.74. The van der Waals surface area contributed by atoms with Crippen molar-refractivity contribution in [2.75, 3.05) is 19.6 Å². The smallest absolute Gasteiger partial charge is 0.226 e. The number of rotatable bonds is 10. The monoisotopic (exact) mass is 375 g/mol. The van der Waals surface area contributed by atoms with Gasteiger partial charge in [0.25, 0.3) is 0 Å². The first-order valence-electron chi connectivity index (χ1n) is 9.15. The molecule has 1 amide bonds. The predicted octanol–water partition coefficient (Wildman–Crippen LogP) is 3.42. The van der Waals surface area contributed by atoms with E-state index in [0.29, 0.717) is 25.6 Å². The lowest BCUT2D eigenvalue weighted by Gasteiger charge is -2.26. The van der Waals surface area contributed by atoms with Crippen LogP contribution in [0.3, 0.4) is 0 Å². The number of thiazole rings is 1. The van der Waals surface area contributed by atoms with Crippen molar-refractivity contribution >= 4 is 17.2 Å². The Bertz CT molecular complexity index is 681. The summed E-state index contributed by atoms with van der Waals surface area (Å²) in [4.78, 5) is 19.0. The highest BCUT2D eigenvalue weighted by atomic mass is 32.1. The molecule has 1 unspecified atom stereocenters. The molecule has 0 aliphatic heterocycles. The van der Waals surface area contributed by atoms with Crippen molar-refractivity contribution in [2.24, 2.45) is 0 Å². The van der Waals surface area contributed by atoms with Crippen LogP contribution in [0.15, 0.2) is 29.6 Å². The van der Waals surface area contributed by atoms with Gasteiger partial charge in [0.1, 0.15) is 17.4 Å². The SMILES string of the molecule is CCN(CC)C(C)CNC(=O)Cc1csc(COc2ccc(C)cc2)n1. The second-order valence-corrected chi connectivity index (χ2v) is 7.33. The second-order valence-electron chi connectivity index (χ2n) is 6.39. The van der Waals surface area contributed by atoms with Crippen LogP contribution in [-0.2, 0) is 17.8 Å². The molecule has 0 saturated heterocycles. The lowest BCUT2D eigenvalue weighted by atomic mass is 10.2. The number of likely N-dealkylation sites (N-methyl/N-ethyl adjacent to an activating group) is 1. The fourth-order valence-electron chi connectivity index (χ4n) is 2.74. The zero-order valence-corrected chi connectivity index (χ0v) is 16.9. The van der Waals surface area contributed by atoms with E-state index in [1.807, 2.05) is 36.6 Å². The predicted molar refractivity (Wildman–Crippen MR) is 107 cm³/mol. The van der Waals surface area contributed by atoms with Gasteiger partial charge in [0.2, 0.25) is 5.91 Å². The third-order valence-corrected chi connectivity index (χ3v) is 5.23. The zero-order chi connectivity index (χ0) is 18.9. The molecule has 2 rings (SSSR count). The molecule has 0 fully saturated rings. The van der Waals surface area contributed by atoms with Crippen LogP contribution >= 0.6 is 11.3 Å². The summed E-state index contributed by atoms with van der Waals surface area (Å²) in [5.41, 5.74) is 2.00. The van der Waals surface area contributed by atoms with Gasteiger partial charge in [-0.2, -0.15) is 0 Å². The summed E-state index contributed by atoms with van der Waals surface area (Å²) in [5.74, 6) is 0.843. The Morgan fingerprint density at radius 1 is 1.27 bits per heavy atom. The highest BCUT2D eigenvalue weighted by molar-refractivity contribution is 7.09. The quantitative estimate of drug-likeness (QED) is 0.691. The Morgan fingerprint density at radius 3 is 2.62 bits per heavy atom. The van der Waals surface area contributed by atoms with Crippen LogP contribution in [0.1, 0.15) is 37.0 Å². The lowest BCUT2D eigenvalue weighted by molar-refractivity contribution is -0.120.